The van der Waals surface area contributed by atoms with Crippen LogP contribution in [0.15, 0.2) is 23.1 Å². The summed E-state index contributed by atoms with van der Waals surface area (Å²) < 4.78 is 31.5. The van der Waals surface area contributed by atoms with Crippen molar-refractivity contribution in [1.29, 1.82) is 0 Å². The molecule has 0 aliphatic heterocycles. The number of ketones is 1. The van der Waals surface area contributed by atoms with Gasteiger partial charge < -0.3 is 4.74 Å². The van der Waals surface area contributed by atoms with Crippen molar-refractivity contribution in [2.75, 3.05) is 26.0 Å². The summed E-state index contributed by atoms with van der Waals surface area (Å²) in [6, 6.07) is 4.59. The molecule has 0 spiro atoms. The van der Waals surface area contributed by atoms with Gasteiger partial charge in [-0.2, -0.15) is 16.9 Å². The van der Waals surface area contributed by atoms with Gasteiger partial charge in [-0.1, -0.05) is 13.8 Å². The normalized spacial score (nSPS) is 11.7. The van der Waals surface area contributed by atoms with Crippen LogP contribution in [-0.4, -0.2) is 44.5 Å². The van der Waals surface area contributed by atoms with Crippen molar-refractivity contribution in [3.63, 3.8) is 0 Å². The Labute approximate surface area is 131 Å². The molecule has 1 aromatic carbocycles. The van der Waals surface area contributed by atoms with E-state index in [0.717, 1.165) is 0 Å². The summed E-state index contributed by atoms with van der Waals surface area (Å²) in [6.07, 6.45) is 0.105. The molecule has 118 valence electrons. The number of carbonyl (C=O) groups is 1. The first-order valence-corrected chi connectivity index (χ1v) is 8.77. The van der Waals surface area contributed by atoms with Gasteiger partial charge in [-0.3, -0.25) is 4.79 Å². The minimum Gasteiger partial charge on any atom is -0.496 e. The summed E-state index contributed by atoms with van der Waals surface area (Å²) in [6.45, 7) is 4.37. The Hall–Kier alpha value is -1.05. The van der Waals surface area contributed by atoms with Crippen LogP contribution in [0.3, 0.4) is 0 Å². The van der Waals surface area contributed by atoms with E-state index in [-0.39, 0.29) is 22.9 Å². The van der Waals surface area contributed by atoms with E-state index in [1.54, 1.807) is 19.9 Å². The number of hydrogen-bond donors (Lipinski definition) is 1. The second kappa shape index (κ2) is 7.82. The number of sulfonamides is 1. The van der Waals surface area contributed by atoms with Crippen molar-refractivity contribution in [2.45, 2.75) is 25.2 Å². The number of thiol groups is 1. The zero-order chi connectivity index (χ0) is 16.0. The van der Waals surface area contributed by atoms with Gasteiger partial charge >= 0.3 is 0 Å². The predicted molar refractivity (Wildman–Crippen MR) is 85.7 cm³/mol. The highest BCUT2D eigenvalue weighted by Gasteiger charge is 2.23. The first-order valence-electron chi connectivity index (χ1n) is 6.70. The van der Waals surface area contributed by atoms with Crippen LogP contribution in [0.4, 0.5) is 0 Å². The van der Waals surface area contributed by atoms with Gasteiger partial charge in [0.15, 0.2) is 0 Å². The smallest absolute Gasteiger partial charge is 0.243 e. The highest BCUT2D eigenvalue weighted by molar-refractivity contribution is 7.89. The van der Waals surface area contributed by atoms with E-state index in [1.807, 2.05) is 0 Å². The van der Waals surface area contributed by atoms with E-state index >= 15 is 0 Å². The molecule has 0 saturated carbocycles. The first-order chi connectivity index (χ1) is 9.90. The number of ether oxygens (including phenoxy) is 1. The third-order valence-corrected chi connectivity index (χ3v) is 5.56. The van der Waals surface area contributed by atoms with E-state index in [9.17, 15) is 13.2 Å². The fourth-order valence-corrected chi connectivity index (χ4v) is 3.66. The van der Waals surface area contributed by atoms with Crippen LogP contribution >= 0.6 is 12.6 Å². The van der Waals surface area contributed by atoms with Gasteiger partial charge in [0, 0.05) is 30.8 Å². The highest BCUT2D eigenvalue weighted by Crippen LogP contribution is 2.25. The van der Waals surface area contributed by atoms with Gasteiger partial charge in [-0.25, -0.2) is 8.42 Å². The van der Waals surface area contributed by atoms with Crippen molar-refractivity contribution < 1.29 is 17.9 Å². The fraction of sp³-hybridized carbons (Fsp3) is 0.500. The molecule has 21 heavy (non-hydrogen) atoms. The molecule has 0 amide bonds. The van der Waals surface area contributed by atoms with Gasteiger partial charge in [0.05, 0.1) is 12.0 Å². The van der Waals surface area contributed by atoms with Crippen LogP contribution < -0.4 is 4.74 Å². The molecule has 7 heteroatoms. The van der Waals surface area contributed by atoms with Crippen molar-refractivity contribution in [3.05, 3.63) is 23.8 Å². The van der Waals surface area contributed by atoms with Gasteiger partial charge in [0.2, 0.25) is 10.0 Å². The molecule has 0 saturated heterocycles. The number of nitrogens with zero attached hydrogens (tertiary/aromatic N) is 1. The Balaban J connectivity index is 3.27. The summed E-state index contributed by atoms with van der Waals surface area (Å²) in [7, 11) is -2.06. The third-order valence-electron chi connectivity index (χ3n) is 3.16. The molecule has 0 unspecified atom stereocenters. The van der Waals surface area contributed by atoms with E-state index in [0.29, 0.717) is 24.4 Å². The number of Topliss-reactive ketones (excluding diaryl/α,β-unsaturated/α-hetero) is 1. The summed E-state index contributed by atoms with van der Waals surface area (Å²) in [5.41, 5.74) is 0.560. The molecule has 1 aromatic rings. The lowest BCUT2D eigenvalue weighted by Crippen LogP contribution is -2.30. The Morgan fingerprint density at radius 2 is 1.90 bits per heavy atom. The van der Waals surface area contributed by atoms with Crippen molar-refractivity contribution in [3.8, 4) is 5.75 Å². The minimum absolute atomic E-state index is 0.0889. The Kier molecular flexibility index (Phi) is 6.70. The molecular formula is C14H21NO4S2. The molecule has 0 atom stereocenters. The van der Waals surface area contributed by atoms with E-state index in [4.69, 9.17) is 4.74 Å². The molecule has 0 aromatic heterocycles. The second-order valence-electron chi connectivity index (χ2n) is 4.44. The maximum absolute atomic E-state index is 12.5. The lowest BCUT2D eigenvalue weighted by molar-refractivity contribution is -0.116. The zero-order valence-corrected chi connectivity index (χ0v) is 14.2. The van der Waals surface area contributed by atoms with Crippen molar-refractivity contribution in [2.24, 2.45) is 0 Å². The number of benzene rings is 1. The molecule has 0 N–H and O–H groups in total. The number of rotatable bonds is 8. The maximum atomic E-state index is 12.5. The number of carbonyl (C=O) groups excluding carboxylic acids is 1. The lowest BCUT2D eigenvalue weighted by atomic mass is 10.1. The van der Waals surface area contributed by atoms with Crippen molar-refractivity contribution in [1.82, 2.24) is 4.31 Å². The highest BCUT2D eigenvalue weighted by atomic mass is 32.2. The first kappa shape index (κ1) is 18.0. The van der Waals surface area contributed by atoms with Crippen LogP contribution in [0.2, 0.25) is 0 Å². The summed E-state index contributed by atoms with van der Waals surface area (Å²) in [5.74, 6) is 0.522. The molecule has 0 bridgehead atoms. The largest absolute Gasteiger partial charge is 0.496 e. The van der Waals surface area contributed by atoms with Crippen LogP contribution in [0.25, 0.3) is 0 Å². The van der Waals surface area contributed by atoms with Gasteiger partial charge in [0.25, 0.3) is 0 Å². The lowest BCUT2D eigenvalue weighted by Gasteiger charge is -2.19. The predicted octanol–water partition coefficient (Wildman–Crippen LogP) is 1.77. The minimum atomic E-state index is -3.54. The van der Waals surface area contributed by atoms with Gasteiger partial charge in [0.1, 0.15) is 11.5 Å². The monoisotopic (exact) mass is 331 g/mol. The molecule has 0 heterocycles. The van der Waals surface area contributed by atoms with Crippen LogP contribution in [0.1, 0.15) is 19.4 Å². The third kappa shape index (κ3) is 4.21. The van der Waals surface area contributed by atoms with Gasteiger partial charge in [-0.15, -0.1) is 0 Å². The SMILES string of the molecule is CCN(CC)S(=O)(=O)c1ccc(OC)c(CC(=O)CS)c1. The quantitative estimate of drug-likeness (QED) is 0.738. The standard InChI is InChI=1S/C14H21NO4S2/c1-4-15(5-2)21(17,18)13-6-7-14(19-3)11(9-13)8-12(16)10-20/h6-7,9,20H,4-5,8,10H2,1-3H3. The fourth-order valence-electron chi connectivity index (χ4n) is 2.03. The molecule has 0 fully saturated rings. The zero-order valence-electron chi connectivity index (χ0n) is 12.5. The van der Waals surface area contributed by atoms with E-state index < -0.39 is 10.0 Å². The van der Waals surface area contributed by atoms with E-state index in [2.05, 4.69) is 12.6 Å². The topological polar surface area (TPSA) is 63.7 Å². The van der Waals surface area contributed by atoms with Crippen LogP contribution in [0.5, 0.6) is 5.75 Å². The average Bonchev–Trinajstić information content (AvgIpc) is 2.47. The molecule has 0 aliphatic carbocycles. The molecule has 1 rings (SSSR count). The number of hydrogen-bond acceptors (Lipinski definition) is 5. The molecular weight excluding hydrogens is 310 g/mol. The van der Waals surface area contributed by atoms with E-state index in [1.165, 1.54) is 23.5 Å². The van der Waals surface area contributed by atoms with Crippen LogP contribution in [-0.2, 0) is 21.2 Å². The second-order valence-corrected chi connectivity index (χ2v) is 6.69. The Morgan fingerprint density at radius 1 is 1.29 bits per heavy atom. The summed E-state index contributed by atoms with van der Waals surface area (Å²) >= 11 is 3.94. The molecule has 0 aliphatic rings. The summed E-state index contributed by atoms with van der Waals surface area (Å²) in [4.78, 5) is 11.7. The Bertz CT molecular complexity index is 595. The number of methoxy groups -OCH3 is 1. The van der Waals surface area contributed by atoms with Gasteiger partial charge in [-0.05, 0) is 18.2 Å². The Morgan fingerprint density at radius 3 is 2.38 bits per heavy atom. The average molecular weight is 331 g/mol. The van der Waals surface area contributed by atoms with Crippen LogP contribution in [0, 0.1) is 0 Å². The van der Waals surface area contributed by atoms with Crippen molar-refractivity contribution >= 4 is 28.4 Å². The maximum Gasteiger partial charge on any atom is 0.243 e. The summed E-state index contributed by atoms with van der Waals surface area (Å²) in [5, 5.41) is 0. The molecule has 5 nitrogen and oxygen atoms in total. The molecule has 0 radical (unpaired) electrons.